The fourth-order valence-corrected chi connectivity index (χ4v) is 2.86. The largest absolute Gasteiger partial charge is 0.353 e. The molecule has 0 aromatic carbocycles. The molecule has 0 aliphatic carbocycles. The molecule has 2 aliphatic heterocycles. The molecule has 72 valence electrons. The molecule has 0 aromatic rings. The van der Waals surface area contributed by atoms with E-state index >= 15 is 0 Å². The summed E-state index contributed by atoms with van der Waals surface area (Å²) in [6, 6.07) is 0. The van der Waals surface area contributed by atoms with E-state index in [2.05, 4.69) is 11.9 Å². The second kappa shape index (κ2) is 3.62. The molecule has 0 N–H and O–H groups in total. The maximum atomic E-state index is 5.78. The van der Waals surface area contributed by atoms with Crippen LogP contribution in [0.3, 0.4) is 0 Å². The number of rotatable bonds is 0. The van der Waals surface area contributed by atoms with Gasteiger partial charge in [-0.1, -0.05) is 0 Å². The summed E-state index contributed by atoms with van der Waals surface area (Å²) in [6.07, 6.45) is 5.40. The van der Waals surface area contributed by atoms with E-state index in [0.29, 0.717) is 5.41 Å². The van der Waals surface area contributed by atoms with E-state index in [0.717, 1.165) is 13.1 Å². The SMILES string of the molecule is [B]N1CCC2(CCCN(C)C2)CC1. The number of likely N-dealkylation sites (tertiary alicyclic amines) is 1. The first kappa shape index (κ1) is 9.54. The van der Waals surface area contributed by atoms with Crippen LogP contribution in [0.5, 0.6) is 0 Å². The highest BCUT2D eigenvalue weighted by Crippen LogP contribution is 2.38. The average Bonchev–Trinajstić information content (AvgIpc) is 2.11. The van der Waals surface area contributed by atoms with Crippen molar-refractivity contribution in [3.05, 3.63) is 0 Å². The van der Waals surface area contributed by atoms with Crippen molar-refractivity contribution in [3.63, 3.8) is 0 Å². The fraction of sp³-hybridized carbons (Fsp3) is 1.00. The van der Waals surface area contributed by atoms with Gasteiger partial charge in [0.1, 0.15) is 0 Å². The second-order valence-electron chi connectivity index (χ2n) is 4.88. The molecule has 2 nitrogen and oxygen atoms in total. The van der Waals surface area contributed by atoms with Gasteiger partial charge >= 0.3 is 0 Å². The molecule has 2 aliphatic rings. The molecular formula is C10H19BN2. The topological polar surface area (TPSA) is 6.48 Å². The Labute approximate surface area is 82.7 Å². The lowest BCUT2D eigenvalue weighted by Crippen LogP contribution is -2.47. The zero-order chi connectivity index (χ0) is 9.31. The summed E-state index contributed by atoms with van der Waals surface area (Å²) in [5.74, 6) is 0. The molecule has 0 amide bonds. The first-order valence-electron chi connectivity index (χ1n) is 5.38. The molecule has 2 heterocycles. The Balaban J connectivity index is 1.95. The van der Waals surface area contributed by atoms with Gasteiger partial charge in [0, 0.05) is 6.54 Å². The molecule has 0 bridgehead atoms. The molecule has 1 spiro atoms. The minimum Gasteiger partial charge on any atom is -0.353 e. The Morgan fingerprint density at radius 2 is 1.77 bits per heavy atom. The zero-order valence-electron chi connectivity index (χ0n) is 8.63. The van der Waals surface area contributed by atoms with Crippen molar-refractivity contribution in [3.8, 4) is 0 Å². The highest BCUT2D eigenvalue weighted by Gasteiger charge is 2.36. The average molecular weight is 178 g/mol. The van der Waals surface area contributed by atoms with Gasteiger partial charge in [-0.3, -0.25) is 0 Å². The Morgan fingerprint density at radius 3 is 2.38 bits per heavy atom. The molecule has 0 aromatic heterocycles. The molecule has 0 saturated carbocycles. The highest BCUT2D eigenvalue weighted by molar-refractivity contribution is 6.04. The zero-order valence-corrected chi connectivity index (χ0v) is 8.63. The van der Waals surface area contributed by atoms with Gasteiger partial charge in [-0.05, 0) is 57.8 Å². The van der Waals surface area contributed by atoms with Gasteiger partial charge in [0.15, 0.2) is 7.98 Å². The summed E-state index contributed by atoms with van der Waals surface area (Å²) >= 11 is 0. The normalized spacial score (nSPS) is 30.8. The lowest BCUT2D eigenvalue weighted by molar-refractivity contribution is 0.0569. The quantitative estimate of drug-likeness (QED) is 0.508. The van der Waals surface area contributed by atoms with E-state index in [1.165, 1.54) is 38.8 Å². The molecule has 2 radical (unpaired) electrons. The summed E-state index contributed by atoms with van der Waals surface area (Å²) in [5, 5.41) is 0. The standard InChI is InChI=1S/C10H19BN2/c1-12-6-2-3-10(9-12)4-7-13(11)8-5-10/h2-9H2,1H3. The third-order valence-electron chi connectivity index (χ3n) is 3.71. The van der Waals surface area contributed by atoms with Crippen LogP contribution in [0.1, 0.15) is 25.7 Å². The fourth-order valence-electron chi connectivity index (χ4n) is 2.86. The lowest BCUT2D eigenvalue weighted by Gasteiger charge is -2.46. The van der Waals surface area contributed by atoms with Crippen LogP contribution in [0.15, 0.2) is 0 Å². The molecule has 0 unspecified atom stereocenters. The molecule has 13 heavy (non-hydrogen) atoms. The minimum absolute atomic E-state index is 0.614. The highest BCUT2D eigenvalue weighted by atomic mass is 15.1. The monoisotopic (exact) mass is 178 g/mol. The van der Waals surface area contributed by atoms with Crippen LogP contribution in [-0.4, -0.2) is 50.9 Å². The summed E-state index contributed by atoms with van der Waals surface area (Å²) in [4.78, 5) is 4.45. The molecule has 0 atom stereocenters. The number of hydrogen-bond acceptors (Lipinski definition) is 2. The van der Waals surface area contributed by atoms with Gasteiger partial charge in [-0.2, -0.15) is 0 Å². The summed E-state index contributed by atoms with van der Waals surface area (Å²) < 4.78 is 0. The van der Waals surface area contributed by atoms with Gasteiger partial charge in [0.05, 0.1) is 0 Å². The van der Waals surface area contributed by atoms with E-state index < -0.39 is 0 Å². The van der Waals surface area contributed by atoms with Gasteiger partial charge in [-0.15, -0.1) is 0 Å². The maximum absolute atomic E-state index is 5.78. The molecule has 2 fully saturated rings. The Morgan fingerprint density at radius 1 is 1.08 bits per heavy atom. The Bertz CT molecular complexity index is 176. The predicted octanol–water partition coefficient (Wildman–Crippen LogP) is 0.878. The Hall–Kier alpha value is -0.0151. The van der Waals surface area contributed by atoms with Crippen molar-refractivity contribution in [2.24, 2.45) is 5.41 Å². The summed E-state index contributed by atoms with van der Waals surface area (Å²) in [5.41, 5.74) is 0.614. The third-order valence-corrected chi connectivity index (χ3v) is 3.71. The van der Waals surface area contributed by atoms with Gasteiger partial charge in [0.2, 0.25) is 0 Å². The number of nitrogens with zero attached hydrogens (tertiary/aromatic N) is 2. The van der Waals surface area contributed by atoms with Crippen LogP contribution in [0.2, 0.25) is 0 Å². The van der Waals surface area contributed by atoms with Crippen molar-refractivity contribution in [2.45, 2.75) is 25.7 Å². The third kappa shape index (κ3) is 2.08. The van der Waals surface area contributed by atoms with E-state index in [4.69, 9.17) is 7.98 Å². The van der Waals surface area contributed by atoms with Gasteiger partial charge < -0.3 is 9.71 Å². The van der Waals surface area contributed by atoms with Crippen LogP contribution in [0.4, 0.5) is 0 Å². The van der Waals surface area contributed by atoms with Crippen LogP contribution < -0.4 is 0 Å². The van der Waals surface area contributed by atoms with Crippen molar-refractivity contribution in [1.82, 2.24) is 9.71 Å². The van der Waals surface area contributed by atoms with Crippen molar-refractivity contribution >= 4 is 7.98 Å². The minimum atomic E-state index is 0.614. The van der Waals surface area contributed by atoms with Crippen molar-refractivity contribution in [1.29, 1.82) is 0 Å². The van der Waals surface area contributed by atoms with Crippen LogP contribution in [0, 0.1) is 5.41 Å². The van der Waals surface area contributed by atoms with Crippen molar-refractivity contribution < 1.29 is 0 Å². The molecule has 2 rings (SSSR count). The molecule has 3 heteroatoms. The summed E-state index contributed by atoms with van der Waals surface area (Å²) in [7, 11) is 8.02. The predicted molar refractivity (Wildman–Crippen MR) is 55.7 cm³/mol. The van der Waals surface area contributed by atoms with Crippen LogP contribution in [-0.2, 0) is 0 Å². The van der Waals surface area contributed by atoms with Gasteiger partial charge in [-0.25, -0.2) is 0 Å². The molecular weight excluding hydrogens is 159 g/mol. The van der Waals surface area contributed by atoms with Gasteiger partial charge in [0.25, 0.3) is 0 Å². The van der Waals surface area contributed by atoms with Crippen LogP contribution >= 0.6 is 0 Å². The second-order valence-corrected chi connectivity index (χ2v) is 4.88. The smallest absolute Gasteiger partial charge is 0.182 e. The maximum Gasteiger partial charge on any atom is 0.182 e. The first-order chi connectivity index (χ1) is 6.20. The van der Waals surface area contributed by atoms with Crippen molar-refractivity contribution in [2.75, 3.05) is 33.2 Å². The van der Waals surface area contributed by atoms with Crippen LogP contribution in [0.25, 0.3) is 0 Å². The first-order valence-corrected chi connectivity index (χ1v) is 5.38. The lowest BCUT2D eigenvalue weighted by atomic mass is 9.72. The number of piperidine rings is 2. The Kier molecular flexibility index (Phi) is 2.66. The number of hydrogen-bond donors (Lipinski definition) is 0. The van der Waals surface area contributed by atoms with E-state index in [-0.39, 0.29) is 0 Å². The van der Waals surface area contributed by atoms with E-state index in [1.54, 1.807) is 0 Å². The van der Waals surface area contributed by atoms with E-state index in [1.807, 2.05) is 4.81 Å². The summed E-state index contributed by atoms with van der Waals surface area (Å²) in [6.45, 7) is 4.76. The van der Waals surface area contributed by atoms with E-state index in [9.17, 15) is 0 Å². The molecule has 2 saturated heterocycles.